The molecule has 1 atom stereocenters. The first-order valence-corrected chi connectivity index (χ1v) is 8.31. The molecule has 0 bridgehead atoms. The number of nitrogens with zero attached hydrogens (tertiary/aromatic N) is 1. The van der Waals surface area contributed by atoms with Gasteiger partial charge in [-0.2, -0.15) is 0 Å². The Morgan fingerprint density at radius 2 is 2.06 bits per heavy atom. The van der Waals surface area contributed by atoms with E-state index >= 15 is 0 Å². The number of para-hydroxylation sites is 1. The van der Waals surface area contributed by atoms with Gasteiger partial charge in [-0.1, -0.05) is 45.8 Å². The monoisotopic (exact) mass is 290 g/mol. The highest BCUT2D eigenvalue weighted by Crippen LogP contribution is 2.49. The molecule has 5 heteroatoms. The van der Waals surface area contributed by atoms with Gasteiger partial charge in [0, 0.05) is 17.7 Å². The summed E-state index contributed by atoms with van der Waals surface area (Å²) in [6.45, 7) is 2.23. The Hall–Kier alpha value is -0.160. The normalized spacial score (nSPS) is 17.9. The van der Waals surface area contributed by atoms with Crippen molar-refractivity contribution >= 4 is 43.5 Å². The lowest BCUT2D eigenvalue weighted by molar-refractivity contribution is 0.898. The molecule has 0 aromatic heterocycles. The fourth-order valence-corrected chi connectivity index (χ4v) is 6.00. The van der Waals surface area contributed by atoms with E-state index in [4.69, 9.17) is 5.73 Å². The highest BCUT2D eigenvalue weighted by Gasteiger charge is 2.22. The molecule has 1 aromatic carbocycles. The molecule has 1 aliphatic heterocycles. The van der Waals surface area contributed by atoms with Crippen LogP contribution in [0.4, 0.5) is 5.69 Å². The number of benzene rings is 1. The summed E-state index contributed by atoms with van der Waals surface area (Å²) in [7, 11) is 4.10. The van der Waals surface area contributed by atoms with E-state index in [2.05, 4.69) is 43.1 Å². The summed E-state index contributed by atoms with van der Waals surface area (Å²) in [5.74, 6) is 1.20. The molecular weight excluding hydrogens is 272 g/mol. The zero-order valence-corrected chi connectivity index (χ0v) is 12.6. The van der Waals surface area contributed by atoms with Crippen molar-refractivity contribution in [2.75, 3.05) is 17.7 Å². The summed E-state index contributed by atoms with van der Waals surface area (Å²) >= 11 is 0. The number of rotatable bonds is 4. The van der Waals surface area contributed by atoms with Crippen LogP contribution in [0.1, 0.15) is 19.8 Å². The third-order valence-electron chi connectivity index (χ3n) is 2.65. The van der Waals surface area contributed by atoms with Gasteiger partial charge in [-0.05, 0) is 18.6 Å². The topological polar surface area (TPSA) is 29.3 Å². The fourth-order valence-electron chi connectivity index (χ4n) is 1.66. The van der Waals surface area contributed by atoms with Crippen LogP contribution in [0, 0.1) is 0 Å². The van der Waals surface area contributed by atoms with Crippen LogP contribution in [0.5, 0.6) is 0 Å². The molecule has 0 amide bonds. The predicted molar refractivity (Wildman–Crippen MR) is 84.5 cm³/mol. The van der Waals surface area contributed by atoms with Crippen LogP contribution in [-0.2, 0) is 0 Å². The second kappa shape index (κ2) is 6.69. The van der Waals surface area contributed by atoms with Crippen molar-refractivity contribution in [3.05, 3.63) is 24.3 Å². The first-order valence-electron chi connectivity index (χ1n) is 5.58. The molecule has 0 aliphatic carbocycles. The van der Waals surface area contributed by atoms with Crippen molar-refractivity contribution < 1.29 is 0 Å². The summed E-state index contributed by atoms with van der Waals surface area (Å²) in [6, 6.07) is 8.53. The van der Waals surface area contributed by atoms with Gasteiger partial charge < -0.3 is 4.90 Å². The van der Waals surface area contributed by atoms with Gasteiger partial charge in [0.25, 0.3) is 0 Å². The first kappa shape index (κ1) is 14.9. The Balaban J connectivity index is 0.00000144. The van der Waals surface area contributed by atoms with Crippen LogP contribution in [0.25, 0.3) is 0 Å². The largest absolute Gasteiger partial charge is 0.329 e. The summed E-state index contributed by atoms with van der Waals surface area (Å²) in [6.07, 6.45) is 2.52. The molecule has 1 aliphatic rings. The molecular formula is C12H19ClN2S2. The molecule has 2 nitrogen and oxygen atoms in total. The highest BCUT2D eigenvalue weighted by molar-refractivity contribution is 8.84. The second-order valence-corrected chi connectivity index (χ2v) is 7.56. The van der Waals surface area contributed by atoms with E-state index in [0.29, 0.717) is 0 Å². The molecule has 0 radical (unpaired) electrons. The third kappa shape index (κ3) is 2.99. The highest BCUT2D eigenvalue weighted by atomic mass is 35.5. The van der Waals surface area contributed by atoms with Crippen LogP contribution in [0.15, 0.2) is 29.2 Å². The quantitative estimate of drug-likeness (QED) is 0.521. The summed E-state index contributed by atoms with van der Waals surface area (Å²) in [5.41, 5.74) is 7.46. The van der Waals surface area contributed by atoms with E-state index in [1.54, 1.807) is 0 Å². The van der Waals surface area contributed by atoms with Crippen LogP contribution in [0.2, 0.25) is 0 Å². The molecule has 0 saturated carbocycles. The number of hydrogen-bond donors (Lipinski definition) is 1. The van der Waals surface area contributed by atoms with Crippen molar-refractivity contribution in [1.82, 2.24) is 0 Å². The molecule has 0 fully saturated rings. The van der Waals surface area contributed by atoms with E-state index in [9.17, 15) is 0 Å². The number of anilines is 1. The van der Waals surface area contributed by atoms with Gasteiger partial charge in [-0.15, -0.1) is 12.4 Å². The van der Waals surface area contributed by atoms with Gasteiger partial charge in [-0.25, -0.2) is 0 Å². The van der Waals surface area contributed by atoms with Crippen LogP contribution < -0.4 is 10.6 Å². The standard InChI is InChI=1S/C12H18N2S2.ClH/c1-3-4-9-15-16-11-8-6-5-7-10(11)14(2)12(16)13;/h5-8H,3-4,9,13H2,1-2H3;1H. The molecule has 17 heavy (non-hydrogen) atoms. The van der Waals surface area contributed by atoms with E-state index in [1.165, 1.54) is 29.2 Å². The van der Waals surface area contributed by atoms with Crippen molar-refractivity contribution in [2.45, 2.75) is 24.7 Å². The Morgan fingerprint density at radius 1 is 1.35 bits per heavy atom. The Kier molecular flexibility index (Phi) is 5.86. The zero-order valence-electron chi connectivity index (χ0n) is 10.2. The number of halogens is 1. The number of nitrogens with two attached hydrogens (primary N) is 1. The SMILES string of the molecule is CCCCSS1=C(N)N(C)c2ccccc21.Cl. The van der Waals surface area contributed by atoms with Crippen LogP contribution >= 0.6 is 32.7 Å². The molecule has 1 unspecified atom stereocenters. The molecule has 1 heterocycles. The third-order valence-corrected chi connectivity index (χ3v) is 6.99. The van der Waals surface area contributed by atoms with E-state index in [0.717, 1.165) is 5.11 Å². The summed E-state index contributed by atoms with van der Waals surface area (Å²) in [4.78, 5) is 3.51. The lowest BCUT2D eigenvalue weighted by Crippen LogP contribution is -2.30. The summed E-state index contributed by atoms with van der Waals surface area (Å²) < 4.78 is 0. The molecule has 0 saturated heterocycles. The molecule has 2 rings (SSSR count). The number of unbranched alkanes of at least 4 members (excludes halogenated alkanes) is 1. The first-order chi connectivity index (χ1) is 7.75. The van der Waals surface area contributed by atoms with Gasteiger partial charge >= 0.3 is 0 Å². The lowest BCUT2D eigenvalue weighted by atomic mass is 10.3. The van der Waals surface area contributed by atoms with Gasteiger partial charge in [0.05, 0.1) is 5.69 Å². The van der Waals surface area contributed by atoms with Crippen LogP contribution in [0.3, 0.4) is 0 Å². The van der Waals surface area contributed by atoms with Crippen LogP contribution in [-0.4, -0.2) is 17.9 Å². The van der Waals surface area contributed by atoms with Crippen molar-refractivity contribution in [3.8, 4) is 0 Å². The Bertz CT molecular complexity index is 421. The maximum Gasteiger partial charge on any atom is 0.122 e. The smallest absolute Gasteiger partial charge is 0.122 e. The van der Waals surface area contributed by atoms with Gasteiger partial charge in [0.1, 0.15) is 5.11 Å². The summed E-state index contributed by atoms with van der Waals surface area (Å²) in [5, 5.41) is 1.00. The van der Waals surface area contributed by atoms with Crippen molar-refractivity contribution in [1.29, 1.82) is 0 Å². The predicted octanol–water partition coefficient (Wildman–Crippen LogP) is 3.68. The fraction of sp³-hybridized carbons (Fsp3) is 0.417. The zero-order chi connectivity index (χ0) is 11.5. The van der Waals surface area contributed by atoms with Gasteiger partial charge in [-0.3, -0.25) is 5.73 Å². The average molecular weight is 291 g/mol. The van der Waals surface area contributed by atoms with Crippen molar-refractivity contribution in [2.24, 2.45) is 5.73 Å². The average Bonchev–Trinajstić information content (AvgIpc) is 2.55. The Labute approximate surface area is 116 Å². The van der Waals surface area contributed by atoms with E-state index in [1.807, 2.05) is 10.8 Å². The molecule has 0 spiro atoms. The molecule has 2 N–H and O–H groups in total. The minimum absolute atomic E-state index is 0. The van der Waals surface area contributed by atoms with Crippen molar-refractivity contribution in [3.63, 3.8) is 0 Å². The van der Waals surface area contributed by atoms with E-state index in [-0.39, 0.29) is 21.9 Å². The minimum atomic E-state index is 0. The lowest BCUT2D eigenvalue weighted by Gasteiger charge is -2.12. The number of fused-ring (bicyclic) bond motifs is 1. The molecule has 96 valence electrons. The maximum atomic E-state index is 6.19. The molecule has 1 aromatic rings. The maximum absolute atomic E-state index is 6.19. The van der Waals surface area contributed by atoms with Gasteiger partial charge in [0.2, 0.25) is 0 Å². The Morgan fingerprint density at radius 3 is 2.76 bits per heavy atom. The van der Waals surface area contributed by atoms with Gasteiger partial charge in [0.15, 0.2) is 0 Å². The van der Waals surface area contributed by atoms with E-state index < -0.39 is 0 Å². The number of hydrogen-bond acceptors (Lipinski definition) is 3. The second-order valence-electron chi connectivity index (χ2n) is 3.81. The minimum Gasteiger partial charge on any atom is -0.329 e.